The zero-order valence-corrected chi connectivity index (χ0v) is 17.8. The monoisotopic (exact) mass is 390 g/mol. The number of ether oxygens (including phenoxy) is 2. The smallest absolute Gasteiger partial charge is 0.191 e. The van der Waals surface area contributed by atoms with Crippen molar-refractivity contribution < 1.29 is 9.47 Å². The van der Waals surface area contributed by atoms with Crippen LogP contribution < -0.4 is 15.4 Å². The number of methoxy groups -OCH3 is 1. The van der Waals surface area contributed by atoms with Crippen molar-refractivity contribution in [3.8, 4) is 5.75 Å². The highest BCUT2D eigenvalue weighted by atomic mass is 16.5. The third kappa shape index (κ3) is 8.48. The number of benzene rings is 1. The van der Waals surface area contributed by atoms with Crippen LogP contribution in [-0.4, -0.2) is 69.4 Å². The zero-order chi connectivity index (χ0) is 20.0. The number of nitrogens with zero attached hydrogens (tertiary/aromatic N) is 2. The molecular weight excluding hydrogens is 352 g/mol. The molecule has 0 spiro atoms. The van der Waals surface area contributed by atoms with Gasteiger partial charge in [-0.3, -0.25) is 0 Å². The van der Waals surface area contributed by atoms with E-state index in [-0.39, 0.29) is 6.10 Å². The summed E-state index contributed by atoms with van der Waals surface area (Å²) in [6, 6.07) is 10.5. The van der Waals surface area contributed by atoms with Gasteiger partial charge in [-0.25, -0.2) is 4.99 Å². The molecule has 1 aromatic rings. The molecule has 0 radical (unpaired) electrons. The van der Waals surface area contributed by atoms with Crippen molar-refractivity contribution in [3.63, 3.8) is 0 Å². The lowest BCUT2D eigenvalue weighted by atomic mass is 10.1. The molecule has 1 unspecified atom stereocenters. The minimum Gasteiger partial charge on any atom is -0.489 e. The Labute approximate surface area is 170 Å². The molecule has 1 aliphatic rings. The Kier molecular flexibility index (Phi) is 10.8. The van der Waals surface area contributed by atoms with Gasteiger partial charge in [0.05, 0.1) is 6.54 Å². The Bertz CT molecular complexity index is 545. The third-order valence-corrected chi connectivity index (χ3v) is 5.05. The van der Waals surface area contributed by atoms with E-state index in [9.17, 15) is 0 Å². The van der Waals surface area contributed by atoms with E-state index < -0.39 is 0 Å². The molecule has 1 fully saturated rings. The average molecular weight is 391 g/mol. The topological polar surface area (TPSA) is 58.1 Å². The SMILES string of the molecule is CCNC(=NCC(CC)Oc1ccccc1)NC1CCN(CCCOC)CC1. The minimum atomic E-state index is 0.0838. The van der Waals surface area contributed by atoms with Gasteiger partial charge in [0, 0.05) is 45.9 Å². The number of para-hydroxylation sites is 1. The number of aliphatic imine (C=N–C) groups is 1. The van der Waals surface area contributed by atoms with E-state index >= 15 is 0 Å². The number of nitrogens with one attached hydrogen (secondary N) is 2. The maximum atomic E-state index is 6.06. The van der Waals surface area contributed by atoms with Crippen LogP contribution in [0.15, 0.2) is 35.3 Å². The lowest BCUT2D eigenvalue weighted by Gasteiger charge is -2.33. The summed E-state index contributed by atoms with van der Waals surface area (Å²) in [6.45, 7) is 10.00. The quantitative estimate of drug-likeness (QED) is 0.346. The Hall–Kier alpha value is -1.79. The highest BCUT2D eigenvalue weighted by molar-refractivity contribution is 5.80. The molecule has 1 aliphatic heterocycles. The average Bonchev–Trinajstić information content (AvgIpc) is 2.73. The highest BCUT2D eigenvalue weighted by Crippen LogP contribution is 2.13. The van der Waals surface area contributed by atoms with Crippen LogP contribution in [0, 0.1) is 0 Å². The summed E-state index contributed by atoms with van der Waals surface area (Å²) in [6.07, 6.45) is 4.42. The number of rotatable bonds is 11. The number of hydrogen-bond acceptors (Lipinski definition) is 4. The lowest BCUT2D eigenvalue weighted by Crippen LogP contribution is -2.49. The van der Waals surface area contributed by atoms with Crippen LogP contribution in [0.5, 0.6) is 5.75 Å². The molecule has 1 aromatic carbocycles. The van der Waals surface area contributed by atoms with Gasteiger partial charge in [0.15, 0.2) is 5.96 Å². The van der Waals surface area contributed by atoms with Gasteiger partial charge in [-0.15, -0.1) is 0 Å². The first-order chi connectivity index (χ1) is 13.7. The van der Waals surface area contributed by atoms with Crippen LogP contribution in [0.4, 0.5) is 0 Å². The predicted molar refractivity (Wildman–Crippen MR) is 116 cm³/mol. The van der Waals surface area contributed by atoms with E-state index in [1.165, 1.54) is 0 Å². The number of piperidine rings is 1. The Morgan fingerprint density at radius 3 is 2.61 bits per heavy atom. The van der Waals surface area contributed by atoms with Crippen molar-refractivity contribution in [1.29, 1.82) is 0 Å². The van der Waals surface area contributed by atoms with Gasteiger partial charge in [0.2, 0.25) is 0 Å². The standard InChI is InChI=1S/C22H38N4O2/c1-4-20(28-21-10-7-6-8-11-21)18-24-22(23-5-2)25-19-12-15-26(16-13-19)14-9-17-27-3/h6-8,10-11,19-20H,4-5,9,12-18H2,1-3H3,(H2,23,24,25). The maximum absolute atomic E-state index is 6.06. The van der Waals surface area contributed by atoms with Gasteiger partial charge in [0.25, 0.3) is 0 Å². The zero-order valence-electron chi connectivity index (χ0n) is 17.8. The first-order valence-corrected chi connectivity index (χ1v) is 10.7. The van der Waals surface area contributed by atoms with E-state index in [4.69, 9.17) is 14.5 Å². The second kappa shape index (κ2) is 13.4. The molecule has 2 N–H and O–H groups in total. The number of guanidine groups is 1. The molecule has 6 heteroatoms. The van der Waals surface area contributed by atoms with Gasteiger partial charge in [0.1, 0.15) is 11.9 Å². The number of hydrogen-bond donors (Lipinski definition) is 2. The fourth-order valence-corrected chi connectivity index (χ4v) is 3.38. The summed E-state index contributed by atoms with van der Waals surface area (Å²) < 4.78 is 11.2. The van der Waals surface area contributed by atoms with Crippen molar-refractivity contribution in [2.45, 2.75) is 51.7 Å². The lowest BCUT2D eigenvalue weighted by molar-refractivity contribution is 0.155. The summed E-state index contributed by atoms with van der Waals surface area (Å²) in [5.41, 5.74) is 0. The van der Waals surface area contributed by atoms with Crippen LogP contribution in [0.1, 0.15) is 39.5 Å². The van der Waals surface area contributed by atoms with Gasteiger partial charge < -0.3 is 25.0 Å². The molecule has 0 aromatic heterocycles. The van der Waals surface area contributed by atoms with E-state index in [0.29, 0.717) is 12.6 Å². The largest absolute Gasteiger partial charge is 0.489 e. The fourth-order valence-electron chi connectivity index (χ4n) is 3.38. The van der Waals surface area contributed by atoms with Crippen LogP contribution in [0.2, 0.25) is 0 Å². The van der Waals surface area contributed by atoms with Gasteiger partial charge in [-0.05, 0) is 44.7 Å². The molecule has 0 saturated carbocycles. The Balaban J connectivity index is 1.79. The molecular formula is C22H38N4O2. The summed E-state index contributed by atoms with van der Waals surface area (Å²) >= 11 is 0. The molecule has 28 heavy (non-hydrogen) atoms. The van der Waals surface area contributed by atoms with Crippen molar-refractivity contribution in [2.24, 2.45) is 4.99 Å². The van der Waals surface area contributed by atoms with Crippen molar-refractivity contribution >= 4 is 5.96 Å². The van der Waals surface area contributed by atoms with E-state index in [1.807, 2.05) is 30.3 Å². The molecule has 6 nitrogen and oxygen atoms in total. The van der Waals surface area contributed by atoms with Crippen LogP contribution >= 0.6 is 0 Å². The predicted octanol–water partition coefficient (Wildman–Crippen LogP) is 2.90. The minimum absolute atomic E-state index is 0.0838. The van der Waals surface area contributed by atoms with E-state index in [2.05, 4.69) is 29.4 Å². The molecule has 0 amide bonds. The van der Waals surface area contributed by atoms with E-state index in [1.54, 1.807) is 7.11 Å². The molecule has 0 bridgehead atoms. The van der Waals surface area contributed by atoms with Crippen LogP contribution in [0.3, 0.4) is 0 Å². The van der Waals surface area contributed by atoms with Gasteiger partial charge in [-0.1, -0.05) is 25.1 Å². The summed E-state index contributed by atoms with van der Waals surface area (Å²) in [4.78, 5) is 7.32. The Morgan fingerprint density at radius 1 is 1.21 bits per heavy atom. The van der Waals surface area contributed by atoms with E-state index in [0.717, 1.165) is 70.2 Å². The van der Waals surface area contributed by atoms with Gasteiger partial charge in [-0.2, -0.15) is 0 Å². The molecule has 0 aliphatic carbocycles. The summed E-state index contributed by atoms with van der Waals surface area (Å²) in [5.74, 6) is 1.80. The van der Waals surface area contributed by atoms with Crippen LogP contribution in [0.25, 0.3) is 0 Å². The molecule has 1 saturated heterocycles. The summed E-state index contributed by atoms with van der Waals surface area (Å²) in [7, 11) is 1.77. The van der Waals surface area contributed by atoms with Crippen molar-refractivity contribution in [2.75, 3.05) is 46.4 Å². The van der Waals surface area contributed by atoms with Crippen molar-refractivity contribution in [1.82, 2.24) is 15.5 Å². The third-order valence-electron chi connectivity index (χ3n) is 5.05. The maximum Gasteiger partial charge on any atom is 0.191 e. The molecule has 2 rings (SSSR count). The fraction of sp³-hybridized carbons (Fsp3) is 0.682. The van der Waals surface area contributed by atoms with Crippen LogP contribution in [-0.2, 0) is 4.74 Å². The second-order valence-electron chi connectivity index (χ2n) is 7.29. The Morgan fingerprint density at radius 2 is 1.96 bits per heavy atom. The summed E-state index contributed by atoms with van der Waals surface area (Å²) in [5, 5.41) is 7.00. The van der Waals surface area contributed by atoms with Crippen molar-refractivity contribution in [3.05, 3.63) is 30.3 Å². The number of likely N-dealkylation sites (tertiary alicyclic amines) is 1. The second-order valence-corrected chi connectivity index (χ2v) is 7.29. The highest BCUT2D eigenvalue weighted by Gasteiger charge is 2.19. The first kappa shape index (κ1) is 22.5. The molecule has 1 atom stereocenters. The first-order valence-electron chi connectivity index (χ1n) is 10.7. The normalized spacial score (nSPS) is 17.3. The van der Waals surface area contributed by atoms with Gasteiger partial charge >= 0.3 is 0 Å². The molecule has 158 valence electrons. The molecule has 1 heterocycles.